The van der Waals surface area contributed by atoms with Crippen LogP contribution < -0.4 is 5.32 Å². The van der Waals surface area contributed by atoms with Crippen LogP contribution in [0.3, 0.4) is 0 Å². The van der Waals surface area contributed by atoms with Crippen molar-refractivity contribution in [2.24, 2.45) is 0 Å². The molecule has 0 atom stereocenters. The molecule has 2 rings (SSSR count). The SMILES string of the molecule is O=C(/C=C/c1ccccc1)NC(=S)N1CCCC1. The van der Waals surface area contributed by atoms with E-state index in [0.29, 0.717) is 5.11 Å². The van der Waals surface area contributed by atoms with Gasteiger partial charge in [0.05, 0.1) is 0 Å². The normalized spacial score (nSPS) is 15.0. The van der Waals surface area contributed by atoms with Gasteiger partial charge in [-0.1, -0.05) is 30.3 Å². The first-order valence-electron chi connectivity index (χ1n) is 6.09. The Kier molecular flexibility index (Phi) is 4.47. The van der Waals surface area contributed by atoms with E-state index in [1.807, 2.05) is 35.2 Å². The van der Waals surface area contributed by atoms with Crippen LogP contribution >= 0.6 is 12.2 Å². The third-order valence-corrected chi connectivity index (χ3v) is 3.21. The summed E-state index contributed by atoms with van der Waals surface area (Å²) in [7, 11) is 0. The van der Waals surface area contributed by atoms with Crippen molar-refractivity contribution in [1.82, 2.24) is 10.2 Å². The van der Waals surface area contributed by atoms with Crippen LogP contribution in [0, 0.1) is 0 Å². The van der Waals surface area contributed by atoms with Crippen molar-refractivity contribution in [3.05, 3.63) is 42.0 Å². The van der Waals surface area contributed by atoms with Gasteiger partial charge in [-0.05, 0) is 36.7 Å². The minimum absolute atomic E-state index is 0.171. The summed E-state index contributed by atoms with van der Waals surface area (Å²) in [6, 6.07) is 9.71. The molecule has 0 spiro atoms. The monoisotopic (exact) mass is 260 g/mol. The van der Waals surface area contributed by atoms with Crippen LogP contribution in [0.15, 0.2) is 36.4 Å². The molecule has 1 aliphatic heterocycles. The molecule has 0 aliphatic carbocycles. The fourth-order valence-electron chi connectivity index (χ4n) is 1.88. The quantitative estimate of drug-likeness (QED) is 0.653. The topological polar surface area (TPSA) is 32.3 Å². The number of likely N-dealkylation sites (tertiary alicyclic amines) is 1. The molecule has 1 N–H and O–H groups in total. The van der Waals surface area contributed by atoms with Crippen molar-refractivity contribution >= 4 is 29.3 Å². The van der Waals surface area contributed by atoms with Crippen molar-refractivity contribution in [2.75, 3.05) is 13.1 Å². The Hall–Kier alpha value is -1.68. The van der Waals surface area contributed by atoms with E-state index in [4.69, 9.17) is 12.2 Å². The molecule has 1 heterocycles. The maximum absolute atomic E-state index is 11.7. The number of nitrogens with zero attached hydrogens (tertiary/aromatic N) is 1. The van der Waals surface area contributed by atoms with E-state index in [0.717, 1.165) is 31.5 Å². The van der Waals surface area contributed by atoms with Crippen molar-refractivity contribution in [1.29, 1.82) is 0 Å². The Balaban J connectivity index is 1.85. The van der Waals surface area contributed by atoms with Gasteiger partial charge in [0.15, 0.2) is 5.11 Å². The number of carbonyl (C=O) groups is 1. The number of amides is 1. The summed E-state index contributed by atoms with van der Waals surface area (Å²) in [5.41, 5.74) is 1.000. The molecule has 1 saturated heterocycles. The molecule has 1 fully saturated rings. The first-order valence-corrected chi connectivity index (χ1v) is 6.49. The van der Waals surface area contributed by atoms with Crippen molar-refractivity contribution in [3.63, 3.8) is 0 Å². The van der Waals surface area contributed by atoms with E-state index >= 15 is 0 Å². The fraction of sp³-hybridized carbons (Fsp3) is 0.286. The molecule has 0 radical (unpaired) electrons. The number of rotatable bonds is 2. The number of thiocarbonyl (C=S) groups is 1. The lowest BCUT2D eigenvalue weighted by molar-refractivity contribution is -0.115. The van der Waals surface area contributed by atoms with Gasteiger partial charge in [-0.3, -0.25) is 10.1 Å². The van der Waals surface area contributed by atoms with Gasteiger partial charge in [-0.2, -0.15) is 0 Å². The van der Waals surface area contributed by atoms with E-state index in [2.05, 4.69) is 5.32 Å². The zero-order valence-electron chi connectivity index (χ0n) is 10.1. The molecule has 0 bridgehead atoms. The van der Waals surface area contributed by atoms with Gasteiger partial charge in [-0.25, -0.2) is 0 Å². The number of hydrogen-bond acceptors (Lipinski definition) is 2. The third kappa shape index (κ3) is 3.67. The summed E-state index contributed by atoms with van der Waals surface area (Å²) in [4.78, 5) is 13.7. The predicted octanol–water partition coefficient (Wildman–Crippen LogP) is 2.20. The summed E-state index contributed by atoms with van der Waals surface area (Å²) in [6.45, 7) is 1.89. The Morgan fingerprint density at radius 1 is 1.22 bits per heavy atom. The maximum Gasteiger partial charge on any atom is 0.250 e. The van der Waals surface area contributed by atoms with E-state index in [1.54, 1.807) is 6.08 Å². The lowest BCUT2D eigenvalue weighted by Crippen LogP contribution is -2.40. The predicted molar refractivity (Wildman–Crippen MR) is 77.0 cm³/mol. The van der Waals surface area contributed by atoms with Gasteiger partial charge >= 0.3 is 0 Å². The van der Waals surface area contributed by atoms with Crippen LogP contribution in [-0.2, 0) is 4.79 Å². The van der Waals surface area contributed by atoms with Crippen LogP contribution in [-0.4, -0.2) is 29.0 Å². The van der Waals surface area contributed by atoms with Gasteiger partial charge in [-0.15, -0.1) is 0 Å². The highest BCUT2D eigenvalue weighted by Gasteiger charge is 2.15. The fourth-order valence-corrected chi connectivity index (χ4v) is 2.17. The number of carbonyl (C=O) groups excluding carboxylic acids is 1. The second-order valence-electron chi connectivity index (χ2n) is 4.23. The van der Waals surface area contributed by atoms with Crippen molar-refractivity contribution < 1.29 is 4.79 Å². The first kappa shape index (κ1) is 12.8. The number of nitrogens with one attached hydrogen (secondary N) is 1. The lowest BCUT2D eigenvalue weighted by atomic mass is 10.2. The highest BCUT2D eigenvalue weighted by molar-refractivity contribution is 7.80. The zero-order valence-corrected chi connectivity index (χ0v) is 11.0. The average Bonchev–Trinajstić information content (AvgIpc) is 2.91. The lowest BCUT2D eigenvalue weighted by Gasteiger charge is -2.17. The highest BCUT2D eigenvalue weighted by Crippen LogP contribution is 2.07. The van der Waals surface area contributed by atoms with E-state index in [9.17, 15) is 4.79 Å². The molecular formula is C14H16N2OS. The van der Waals surface area contributed by atoms with Gasteiger partial charge in [0.25, 0.3) is 0 Å². The minimum Gasteiger partial charge on any atom is -0.349 e. The second kappa shape index (κ2) is 6.31. The van der Waals surface area contributed by atoms with Gasteiger partial charge in [0.2, 0.25) is 5.91 Å². The Labute approximate surface area is 112 Å². The molecule has 0 saturated carbocycles. The smallest absolute Gasteiger partial charge is 0.250 e. The standard InChI is InChI=1S/C14H16N2OS/c17-13(9-8-12-6-2-1-3-7-12)15-14(18)16-10-4-5-11-16/h1-3,6-9H,4-5,10-11H2,(H,15,17,18)/b9-8+. The maximum atomic E-state index is 11.7. The molecule has 0 aromatic heterocycles. The average molecular weight is 260 g/mol. The van der Waals surface area contributed by atoms with E-state index in [-0.39, 0.29) is 5.91 Å². The van der Waals surface area contributed by atoms with Crippen LogP contribution in [0.2, 0.25) is 0 Å². The van der Waals surface area contributed by atoms with E-state index in [1.165, 1.54) is 6.08 Å². The van der Waals surface area contributed by atoms with Crippen LogP contribution in [0.1, 0.15) is 18.4 Å². The summed E-state index contributed by atoms with van der Waals surface area (Å²) in [5.74, 6) is -0.171. The minimum atomic E-state index is -0.171. The van der Waals surface area contributed by atoms with Crippen LogP contribution in [0.4, 0.5) is 0 Å². The summed E-state index contributed by atoms with van der Waals surface area (Å²) in [5, 5.41) is 3.26. The molecule has 1 amide bonds. The molecule has 94 valence electrons. The molecule has 3 nitrogen and oxygen atoms in total. The molecule has 1 aromatic carbocycles. The Morgan fingerprint density at radius 3 is 2.56 bits per heavy atom. The molecular weight excluding hydrogens is 244 g/mol. The number of benzene rings is 1. The molecule has 0 unspecified atom stereocenters. The van der Waals surface area contributed by atoms with Gasteiger partial charge in [0, 0.05) is 19.2 Å². The summed E-state index contributed by atoms with van der Waals surface area (Å²) in [6.07, 6.45) is 5.59. The van der Waals surface area contributed by atoms with Gasteiger partial charge in [0.1, 0.15) is 0 Å². The van der Waals surface area contributed by atoms with Crippen molar-refractivity contribution in [3.8, 4) is 0 Å². The Bertz CT molecular complexity index is 450. The highest BCUT2D eigenvalue weighted by atomic mass is 32.1. The molecule has 4 heteroatoms. The van der Waals surface area contributed by atoms with Gasteiger partial charge < -0.3 is 4.90 Å². The summed E-state index contributed by atoms with van der Waals surface area (Å²) < 4.78 is 0. The molecule has 1 aliphatic rings. The largest absolute Gasteiger partial charge is 0.349 e. The summed E-state index contributed by atoms with van der Waals surface area (Å²) >= 11 is 5.18. The zero-order chi connectivity index (χ0) is 12.8. The van der Waals surface area contributed by atoms with Crippen LogP contribution in [0.25, 0.3) is 6.08 Å². The molecule has 1 aromatic rings. The Morgan fingerprint density at radius 2 is 1.89 bits per heavy atom. The number of hydrogen-bond donors (Lipinski definition) is 1. The van der Waals surface area contributed by atoms with E-state index < -0.39 is 0 Å². The van der Waals surface area contributed by atoms with Crippen molar-refractivity contribution in [2.45, 2.75) is 12.8 Å². The van der Waals surface area contributed by atoms with Crippen LogP contribution in [0.5, 0.6) is 0 Å². The molecule has 18 heavy (non-hydrogen) atoms. The third-order valence-electron chi connectivity index (χ3n) is 2.85. The first-order chi connectivity index (χ1) is 8.75. The second-order valence-corrected chi connectivity index (χ2v) is 4.62.